The largest absolute Gasteiger partial charge is 0.354 e. The van der Waals surface area contributed by atoms with Gasteiger partial charge in [-0.2, -0.15) is 0 Å². The molecule has 1 atom stereocenters. The first-order chi connectivity index (χ1) is 6.72. The summed E-state index contributed by atoms with van der Waals surface area (Å²) in [6.07, 6.45) is 5.82. The SMILES string of the molecule is CC(CCCl)CCn1ccc(=O)cc1. The van der Waals surface area contributed by atoms with Crippen molar-refractivity contribution < 1.29 is 0 Å². The van der Waals surface area contributed by atoms with E-state index in [0.717, 1.165) is 25.3 Å². The van der Waals surface area contributed by atoms with Crippen LogP contribution in [-0.2, 0) is 6.54 Å². The highest BCUT2D eigenvalue weighted by Crippen LogP contribution is 2.09. The summed E-state index contributed by atoms with van der Waals surface area (Å²) in [5.41, 5.74) is 0.0649. The zero-order valence-corrected chi connectivity index (χ0v) is 9.20. The summed E-state index contributed by atoms with van der Waals surface area (Å²) in [4.78, 5) is 10.8. The van der Waals surface area contributed by atoms with Crippen LogP contribution in [0.4, 0.5) is 0 Å². The topological polar surface area (TPSA) is 22.0 Å². The first kappa shape index (κ1) is 11.3. The lowest BCUT2D eigenvalue weighted by Crippen LogP contribution is -2.07. The van der Waals surface area contributed by atoms with Gasteiger partial charge in [0.05, 0.1) is 0 Å². The Balaban J connectivity index is 2.38. The Morgan fingerprint density at radius 3 is 2.57 bits per heavy atom. The highest BCUT2D eigenvalue weighted by molar-refractivity contribution is 6.17. The molecule has 0 amide bonds. The van der Waals surface area contributed by atoms with Crippen LogP contribution in [0.3, 0.4) is 0 Å². The predicted molar refractivity (Wildman–Crippen MR) is 59.8 cm³/mol. The maximum Gasteiger partial charge on any atom is 0.181 e. The Bertz CT molecular complexity index is 301. The summed E-state index contributed by atoms with van der Waals surface area (Å²) in [6.45, 7) is 3.16. The number of hydrogen-bond acceptors (Lipinski definition) is 1. The van der Waals surface area contributed by atoms with Gasteiger partial charge in [0.15, 0.2) is 5.43 Å². The fraction of sp³-hybridized carbons (Fsp3) is 0.545. The van der Waals surface area contributed by atoms with E-state index in [1.54, 1.807) is 12.1 Å². The van der Waals surface area contributed by atoms with Gasteiger partial charge >= 0.3 is 0 Å². The molecular formula is C11H16ClNO. The first-order valence-electron chi connectivity index (χ1n) is 4.94. The van der Waals surface area contributed by atoms with Gasteiger partial charge in [0.25, 0.3) is 0 Å². The first-order valence-corrected chi connectivity index (χ1v) is 5.48. The third kappa shape index (κ3) is 3.97. The Hall–Kier alpha value is -0.760. The lowest BCUT2D eigenvalue weighted by Gasteiger charge is -2.10. The van der Waals surface area contributed by atoms with E-state index in [1.807, 2.05) is 17.0 Å². The molecule has 2 nitrogen and oxygen atoms in total. The molecule has 78 valence electrons. The highest BCUT2D eigenvalue weighted by Gasteiger charge is 2.00. The quantitative estimate of drug-likeness (QED) is 0.689. The number of aryl methyl sites for hydroxylation is 1. The molecule has 0 N–H and O–H groups in total. The fourth-order valence-electron chi connectivity index (χ4n) is 1.29. The van der Waals surface area contributed by atoms with Gasteiger partial charge in [-0.3, -0.25) is 4.79 Å². The van der Waals surface area contributed by atoms with Gasteiger partial charge in [-0.15, -0.1) is 11.6 Å². The second-order valence-electron chi connectivity index (χ2n) is 3.64. The van der Waals surface area contributed by atoms with E-state index in [-0.39, 0.29) is 5.43 Å². The Morgan fingerprint density at radius 2 is 2.00 bits per heavy atom. The van der Waals surface area contributed by atoms with E-state index < -0.39 is 0 Å². The molecule has 0 aromatic carbocycles. The van der Waals surface area contributed by atoms with E-state index in [4.69, 9.17) is 11.6 Å². The summed E-state index contributed by atoms with van der Waals surface area (Å²) >= 11 is 5.65. The van der Waals surface area contributed by atoms with Crippen molar-refractivity contribution in [1.82, 2.24) is 4.57 Å². The van der Waals surface area contributed by atoms with E-state index >= 15 is 0 Å². The van der Waals surface area contributed by atoms with Crippen molar-refractivity contribution in [2.75, 3.05) is 5.88 Å². The molecule has 0 aliphatic carbocycles. The molecule has 1 unspecified atom stereocenters. The maximum atomic E-state index is 10.8. The molecule has 0 spiro atoms. The minimum absolute atomic E-state index is 0.0649. The van der Waals surface area contributed by atoms with Gasteiger partial charge in [0.2, 0.25) is 0 Å². The van der Waals surface area contributed by atoms with Crippen molar-refractivity contribution in [2.45, 2.75) is 26.3 Å². The molecule has 0 saturated carbocycles. The average Bonchev–Trinajstić information content (AvgIpc) is 2.17. The highest BCUT2D eigenvalue weighted by atomic mass is 35.5. The van der Waals surface area contributed by atoms with Crippen molar-refractivity contribution in [3.05, 3.63) is 34.7 Å². The lowest BCUT2D eigenvalue weighted by atomic mass is 10.1. The number of alkyl halides is 1. The van der Waals surface area contributed by atoms with E-state index in [0.29, 0.717) is 5.92 Å². The van der Waals surface area contributed by atoms with E-state index in [1.165, 1.54) is 0 Å². The van der Waals surface area contributed by atoms with Crippen LogP contribution in [0.25, 0.3) is 0 Å². The van der Waals surface area contributed by atoms with Crippen molar-refractivity contribution in [2.24, 2.45) is 5.92 Å². The molecular weight excluding hydrogens is 198 g/mol. The molecule has 0 saturated heterocycles. The van der Waals surface area contributed by atoms with Crippen molar-refractivity contribution >= 4 is 11.6 Å². The molecule has 0 radical (unpaired) electrons. The molecule has 3 heteroatoms. The second kappa shape index (κ2) is 5.86. The third-order valence-corrected chi connectivity index (χ3v) is 2.56. The molecule has 0 aliphatic heterocycles. The summed E-state index contributed by atoms with van der Waals surface area (Å²) in [6, 6.07) is 3.18. The third-order valence-electron chi connectivity index (χ3n) is 2.34. The van der Waals surface area contributed by atoms with Crippen LogP contribution in [0.1, 0.15) is 19.8 Å². The summed E-state index contributed by atoms with van der Waals surface area (Å²) in [7, 11) is 0. The van der Waals surface area contributed by atoms with Crippen molar-refractivity contribution in [1.29, 1.82) is 0 Å². The van der Waals surface area contributed by atoms with Crippen LogP contribution in [0, 0.1) is 5.92 Å². The smallest absolute Gasteiger partial charge is 0.181 e. The summed E-state index contributed by atoms with van der Waals surface area (Å²) in [5, 5.41) is 0. The fourth-order valence-corrected chi connectivity index (χ4v) is 1.67. The van der Waals surface area contributed by atoms with Crippen LogP contribution >= 0.6 is 11.6 Å². The van der Waals surface area contributed by atoms with Gasteiger partial charge in [-0.05, 0) is 18.8 Å². The predicted octanol–water partition coefficient (Wildman–Crippen LogP) is 2.50. The second-order valence-corrected chi connectivity index (χ2v) is 4.02. The minimum atomic E-state index is 0.0649. The number of nitrogens with zero attached hydrogens (tertiary/aromatic N) is 1. The van der Waals surface area contributed by atoms with Crippen LogP contribution in [0.2, 0.25) is 0 Å². The van der Waals surface area contributed by atoms with Crippen LogP contribution in [0.5, 0.6) is 0 Å². The number of aromatic nitrogens is 1. The molecule has 0 bridgehead atoms. The molecule has 1 aromatic heterocycles. The molecule has 0 fully saturated rings. The van der Waals surface area contributed by atoms with Gasteiger partial charge in [0, 0.05) is 37.0 Å². The van der Waals surface area contributed by atoms with Crippen LogP contribution < -0.4 is 5.43 Å². The van der Waals surface area contributed by atoms with Gasteiger partial charge in [-0.25, -0.2) is 0 Å². The van der Waals surface area contributed by atoms with Crippen LogP contribution in [0.15, 0.2) is 29.3 Å². The summed E-state index contributed by atoms with van der Waals surface area (Å²) < 4.78 is 2.03. The number of rotatable bonds is 5. The maximum absolute atomic E-state index is 10.8. The van der Waals surface area contributed by atoms with E-state index in [2.05, 4.69) is 6.92 Å². The Morgan fingerprint density at radius 1 is 1.36 bits per heavy atom. The molecule has 0 aliphatic rings. The Kier molecular flexibility index (Phi) is 4.74. The Labute approximate surface area is 89.5 Å². The van der Waals surface area contributed by atoms with E-state index in [9.17, 15) is 4.79 Å². The lowest BCUT2D eigenvalue weighted by molar-refractivity contribution is 0.469. The normalized spacial score (nSPS) is 12.7. The molecule has 1 heterocycles. The zero-order valence-electron chi connectivity index (χ0n) is 8.45. The average molecular weight is 214 g/mol. The number of pyridine rings is 1. The monoisotopic (exact) mass is 213 g/mol. The zero-order chi connectivity index (χ0) is 10.4. The van der Waals surface area contributed by atoms with Crippen molar-refractivity contribution in [3.63, 3.8) is 0 Å². The molecule has 1 rings (SSSR count). The van der Waals surface area contributed by atoms with Gasteiger partial charge < -0.3 is 4.57 Å². The standard InChI is InChI=1S/C11H16ClNO/c1-10(2-6-12)3-7-13-8-4-11(14)5-9-13/h4-5,8-10H,2-3,6-7H2,1H3. The van der Waals surface area contributed by atoms with Crippen molar-refractivity contribution in [3.8, 4) is 0 Å². The van der Waals surface area contributed by atoms with Gasteiger partial charge in [-0.1, -0.05) is 6.92 Å². The number of hydrogen-bond donors (Lipinski definition) is 0. The molecule has 1 aromatic rings. The minimum Gasteiger partial charge on any atom is -0.354 e. The van der Waals surface area contributed by atoms with Crippen LogP contribution in [-0.4, -0.2) is 10.4 Å². The summed E-state index contributed by atoms with van der Waals surface area (Å²) in [5.74, 6) is 1.37. The van der Waals surface area contributed by atoms with Gasteiger partial charge in [0.1, 0.15) is 0 Å². The number of halogens is 1. The molecule has 14 heavy (non-hydrogen) atoms.